The zero-order valence-electron chi connectivity index (χ0n) is 17.3. The van der Waals surface area contributed by atoms with Crippen molar-refractivity contribution < 1.29 is 19.1 Å². The molecule has 0 aliphatic carbocycles. The van der Waals surface area contributed by atoms with E-state index in [1.807, 2.05) is 12.1 Å². The van der Waals surface area contributed by atoms with Gasteiger partial charge in [-0.25, -0.2) is 9.78 Å². The van der Waals surface area contributed by atoms with Crippen LogP contribution in [0.4, 0.5) is 0 Å². The molecule has 0 spiro atoms. The minimum absolute atomic E-state index is 0.226. The second kappa shape index (κ2) is 9.49. The molecule has 4 rings (SSSR count). The van der Waals surface area contributed by atoms with Crippen LogP contribution >= 0.6 is 11.3 Å². The molecule has 0 unspecified atom stereocenters. The number of thiazole rings is 1. The maximum Gasteiger partial charge on any atom is 0.349 e. The summed E-state index contributed by atoms with van der Waals surface area (Å²) < 4.78 is 5.07. The average molecular weight is 442 g/mol. The van der Waals surface area contributed by atoms with Crippen molar-refractivity contribution in [1.82, 2.24) is 4.98 Å². The highest BCUT2D eigenvalue weighted by molar-refractivity contribution is 7.16. The molecule has 0 atom stereocenters. The molecule has 4 aromatic rings. The monoisotopic (exact) mass is 441 g/mol. The largest absolute Gasteiger partial charge is 0.462 e. The van der Waals surface area contributed by atoms with Gasteiger partial charge in [-0.1, -0.05) is 78.9 Å². The molecule has 0 saturated carbocycles. The summed E-state index contributed by atoms with van der Waals surface area (Å²) in [6.07, 6.45) is 1.42. The fourth-order valence-corrected chi connectivity index (χ4v) is 4.22. The quantitative estimate of drug-likeness (QED) is 0.282. The Morgan fingerprint density at radius 3 is 1.81 bits per heavy atom. The summed E-state index contributed by atoms with van der Waals surface area (Å²) in [5.74, 6) is -0.938. The summed E-state index contributed by atoms with van der Waals surface area (Å²) in [5, 5.41) is 0.409. The van der Waals surface area contributed by atoms with Gasteiger partial charge < -0.3 is 4.74 Å². The van der Waals surface area contributed by atoms with Gasteiger partial charge in [0, 0.05) is 27.8 Å². The van der Waals surface area contributed by atoms with Crippen molar-refractivity contribution in [2.45, 2.75) is 6.92 Å². The van der Waals surface area contributed by atoms with E-state index in [0.717, 1.165) is 11.3 Å². The molecule has 0 saturated heterocycles. The molecular weight excluding hydrogens is 422 g/mol. The smallest absolute Gasteiger partial charge is 0.349 e. The third-order valence-electron chi connectivity index (χ3n) is 4.82. The molecular formula is C26H19NO4S. The van der Waals surface area contributed by atoms with Crippen LogP contribution in [0.3, 0.4) is 0 Å². The summed E-state index contributed by atoms with van der Waals surface area (Å²) in [4.78, 5) is 43.6. The lowest BCUT2D eigenvalue weighted by Crippen LogP contribution is -2.09. The Kier molecular flexibility index (Phi) is 6.33. The first-order valence-corrected chi connectivity index (χ1v) is 10.9. The number of ether oxygens (including phenoxy) is 1. The molecule has 0 fully saturated rings. The van der Waals surface area contributed by atoms with Crippen LogP contribution in [0.1, 0.15) is 48.4 Å². The van der Waals surface area contributed by atoms with E-state index >= 15 is 0 Å². The van der Waals surface area contributed by atoms with Gasteiger partial charge in [-0.15, -0.1) is 11.3 Å². The lowest BCUT2D eigenvalue weighted by Gasteiger charge is -2.12. The molecule has 1 aromatic heterocycles. The second-order valence-corrected chi connectivity index (χ2v) is 7.90. The van der Waals surface area contributed by atoms with Crippen LogP contribution in [0.15, 0.2) is 85.1 Å². The van der Waals surface area contributed by atoms with Crippen molar-refractivity contribution in [2.24, 2.45) is 0 Å². The summed E-state index contributed by atoms with van der Waals surface area (Å²) in [7, 11) is 0. The highest BCUT2D eigenvalue weighted by atomic mass is 32.1. The Labute approximate surface area is 189 Å². The molecule has 6 heteroatoms. The molecule has 5 nitrogen and oxygen atoms in total. The Morgan fingerprint density at radius 1 is 0.781 bits per heavy atom. The molecule has 0 aliphatic rings. The molecule has 0 amide bonds. The molecule has 0 N–H and O–H groups in total. The molecule has 3 aromatic carbocycles. The van der Waals surface area contributed by atoms with Crippen LogP contribution in [0.5, 0.6) is 0 Å². The van der Waals surface area contributed by atoms with E-state index in [2.05, 4.69) is 4.98 Å². The number of carbonyl (C=O) groups excluding carboxylic acids is 3. The van der Waals surface area contributed by atoms with Crippen LogP contribution in [0.2, 0.25) is 0 Å². The van der Waals surface area contributed by atoms with Crippen molar-refractivity contribution in [2.75, 3.05) is 6.61 Å². The maximum absolute atomic E-state index is 13.4. The normalized spacial score (nSPS) is 10.5. The van der Waals surface area contributed by atoms with E-state index in [1.54, 1.807) is 73.7 Å². The first-order chi connectivity index (χ1) is 15.6. The minimum Gasteiger partial charge on any atom is -0.462 e. The number of aromatic nitrogens is 1. The first kappa shape index (κ1) is 21.3. The predicted octanol–water partition coefficient (Wildman–Crippen LogP) is 5.45. The van der Waals surface area contributed by atoms with E-state index in [-0.39, 0.29) is 18.2 Å². The lowest BCUT2D eigenvalue weighted by atomic mass is 9.91. The fourth-order valence-electron chi connectivity index (χ4n) is 3.34. The summed E-state index contributed by atoms with van der Waals surface area (Å²) in [6, 6.07) is 22.8. The summed E-state index contributed by atoms with van der Waals surface area (Å²) in [6.45, 7) is 1.97. The molecule has 0 radical (unpaired) electrons. The van der Waals surface area contributed by atoms with Gasteiger partial charge in [0.25, 0.3) is 0 Å². The van der Waals surface area contributed by atoms with Gasteiger partial charge >= 0.3 is 5.97 Å². The Balaban J connectivity index is 1.89. The third-order valence-corrected chi connectivity index (χ3v) is 5.82. The summed E-state index contributed by atoms with van der Waals surface area (Å²) >= 11 is 1.10. The van der Waals surface area contributed by atoms with Crippen LogP contribution in [0, 0.1) is 0 Å². The van der Waals surface area contributed by atoms with Crippen molar-refractivity contribution in [3.63, 3.8) is 0 Å². The number of ketones is 2. The fraction of sp³-hybridized carbons (Fsp3) is 0.0769. The number of hydrogen-bond acceptors (Lipinski definition) is 6. The highest BCUT2D eigenvalue weighted by Crippen LogP contribution is 2.34. The molecule has 0 aliphatic heterocycles. The van der Waals surface area contributed by atoms with Gasteiger partial charge in [0.1, 0.15) is 9.88 Å². The van der Waals surface area contributed by atoms with Crippen LogP contribution < -0.4 is 0 Å². The Bertz CT molecular complexity index is 1210. The van der Waals surface area contributed by atoms with Gasteiger partial charge in [-0.2, -0.15) is 0 Å². The number of hydrogen-bond donors (Lipinski definition) is 0. The van der Waals surface area contributed by atoms with Crippen LogP contribution in [-0.2, 0) is 4.74 Å². The number of carbonyl (C=O) groups is 3. The first-order valence-electron chi connectivity index (χ1n) is 10.1. The molecule has 32 heavy (non-hydrogen) atoms. The average Bonchev–Trinajstić information content (AvgIpc) is 3.34. The number of esters is 1. The molecule has 158 valence electrons. The van der Waals surface area contributed by atoms with Crippen molar-refractivity contribution >= 4 is 28.9 Å². The topological polar surface area (TPSA) is 73.3 Å². The number of nitrogens with zero attached hydrogens (tertiary/aromatic N) is 1. The van der Waals surface area contributed by atoms with Gasteiger partial charge in [0.05, 0.1) is 12.8 Å². The number of rotatable bonds is 7. The van der Waals surface area contributed by atoms with Crippen molar-refractivity contribution in [3.8, 4) is 10.6 Å². The van der Waals surface area contributed by atoms with E-state index in [4.69, 9.17) is 4.74 Å². The predicted molar refractivity (Wildman–Crippen MR) is 123 cm³/mol. The van der Waals surface area contributed by atoms with E-state index in [1.165, 1.54) is 6.20 Å². The van der Waals surface area contributed by atoms with Gasteiger partial charge in [0.15, 0.2) is 11.6 Å². The standard InChI is InChI=1S/C26H19NO4S/c1-2-31-26(30)21-16-27-25(32-21)22-19(23(28)17-10-5-3-6-11-17)14-9-15-20(22)24(29)18-12-7-4-8-13-18/h3-16H,2H2,1H3. The van der Waals surface area contributed by atoms with Crippen LogP contribution in [-0.4, -0.2) is 29.1 Å². The lowest BCUT2D eigenvalue weighted by molar-refractivity contribution is 0.0531. The van der Waals surface area contributed by atoms with Gasteiger partial charge in [0.2, 0.25) is 0 Å². The molecule has 0 bridgehead atoms. The summed E-state index contributed by atoms with van der Waals surface area (Å²) in [5.41, 5.74) is 2.11. The van der Waals surface area contributed by atoms with E-state index < -0.39 is 5.97 Å². The van der Waals surface area contributed by atoms with E-state index in [9.17, 15) is 14.4 Å². The van der Waals surface area contributed by atoms with Gasteiger partial charge in [-0.3, -0.25) is 9.59 Å². The Morgan fingerprint density at radius 2 is 1.31 bits per heavy atom. The minimum atomic E-state index is -0.487. The van der Waals surface area contributed by atoms with Gasteiger partial charge in [-0.05, 0) is 6.92 Å². The van der Waals surface area contributed by atoms with Crippen LogP contribution in [0.25, 0.3) is 10.6 Å². The highest BCUT2D eigenvalue weighted by Gasteiger charge is 2.25. The Hall–Kier alpha value is -3.90. The van der Waals surface area contributed by atoms with E-state index in [0.29, 0.717) is 37.7 Å². The SMILES string of the molecule is CCOC(=O)c1cnc(-c2c(C(=O)c3ccccc3)cccc2C(=O)c2ccccc2)s1. The third kappa shape index (κ3) is 4.26. The van der Waals surface area contributed by atoms with Crippen molar-refractivity contribution in [1.29, 1.82) is 0 Å². The number of benzene rings is 3. The zero-order chi connectivity index (χ0) is 22.5. The molecule has 1 heterocycles. The second-order valence-electron chi connectivity index (χ2n) is 6.87. The van der Waals surface area contributed by atoms with Crippen molar-refractivity contribution in [3.05, 3.63) is 112 Å². The maximum atomic E-state index is 13.4. The zero-order valence-corrected chi connectivity index (χ0v) is 18.1.